The SMILES string of the molecule is CCCc1cc(Cl)c(Cc2ccc(O)c(C(C)C)c2F)c(Cl)c1. The zero-order valence-corrected chi connectivity index (χ0v) is 15.1. The quantitative estimate of drug-likeness (QED) is 0.649. The number of aromatic hydroxyl groups is 1. The molecule has 0 atom stereocenters. The van der Waals surface area contributed by atoms with Gasteiger partial charge in [-0.15, -0.1) is 0 Å². The van der Waals surface area contributed by atoms with Crippen LogP contribution in [0.1, 0.15) is 55.4 Å². The van der Waals surface area contributed by atoms with Crippen LogP contribution in [0.25, 0.3) is 0 Å². The van der Waals surface area contributed by atoms with Gasteiger partial charge < -0.3 is 5.11 Å². The van der Waals surface area contributed by atoms with E-state index in [1.54, 1.807) is 6.07 Å². The van der Waals surface area contributed by atoms with Crippen molar-refractivity contribution in [1.82, 2.24) is 0 Å². The maximum absolute atomic E-state index is 14.7. The fourth-order valence-electron chi connectivity index (χ4n) is 2.76. The summed E-state index contributed by atoms with van der Waals surface area (Å²) in [5.41, 5.74) is 2.61. The van der Waals surface area contributed by atoms with Crippen LogP contribution in [0.2, 0.25) is 10.0 Å². The molecule has 0 unspecified atom stereocenters. The monoisotopic (exact) mass is 354 g/mol. The Bertz CT molecular complexity index is 688. The first-order valence-electron chi connectivity index (χ1n) is 7.82. The van der Waals surface area contributed by atoms with Crippen molar-refractivity contribution in [3.63, 3.8) is 0 Å². The predicted octanol–water partition coefficient (Wildman–Crippen LogP) is 6.50. The predicted molar refractivity (Wildman–Crippen MR) is 95.4 cm³/mol. The van der Waals surface area contributed by atoms with E-state index in [0.717, 1.165) is 18.4 Å². The van der Waals surface area contributed by atoms with Crippen molar-refractivity contribution in [3.8, 4) is 5.75 Å². The molecule has 0 aliphatic carbocycles. The first kappa shape index (κ1) is 18.1. The third-order valence-corrected chi connectivity index (χ3v) is 4.60. The molecule has 1 N–H and O–H groups in total. The molecule has 0 heterocycles. The molecule has 0 aliphatic heterocycles. The van der Waals surface area contributed by atoms with E-state index in [-0.39, 0.29) is 17.5 Å². The third kappa shape index (κ3) is 3.99. The maximum Gasteiger partial charge on any atom is 0.133 e. The largest absolute Gasteiger partial charge is 0.508 e. The number of hydrogen-bond acceptors (Lipinski definition) is 1. The van der Waals surface area contributed by atoms with Gasteiger partial charge in [0, 0.05) is 22.0 Å². The molecule has 0 fully saturated rings. The van der Waals surface area contributed by atoms with Crippen LogP contribution in [0.5, 0.6) is 5.75 Å². The van der Waals surface area contributed by atoms with E-state index in [2.05, 4.69) is 6.92 Å². The van der Waals surface area contributed by atoms with Crippen molar-refractivity contribution in [2.24, 2.45) is 0 Å². The van der Waals surface area contributed by atoms with Gasteiger partial charge in [-0.25, -0.2) is 4.39 Å². The molecule has 1 nitrogen and oxygen atoms in total. The number of aryl methyl sites for hydroxylation is 1. The summed E-state index contributed by atoms with van der Waals surface area (Å²) in [6, 6.07) is 6.91. The van der Waals surface area contributed by atoms with E-state index in [9.17, 15) is 9.50 Å². The van der Waals surface area contributed by atoms with Gasteiger partial charge in [-0.05, 0) is 47.2 Å². The van der Waals surface area contributed by atoms with Crippen LogP contribution >= 0.6 is 23.2 Å². The fourth-order valence-corrected chi connectivity index (χ4v) is 3.43. The summed E-state index contributed by atoms with van der Waals surface area (Å²) < 4.78 is 14.7. The summed E-state index contributed by atoms with van der Waals surface area (Å²) in [7, 11) is 0. The van der Waals surface area contributed by atoms with Gasteiger partial charge in [0.25, 0.3) is 0 Å². The summed E-state index contributed by atoms with van der Waals surface area (Å²) in [5, 5.41) is 11.0. The third-order valence-electron chi connectivity index (χ3n) is 3.92. The van der Waals surface area contributed by atoms with E-state index in [1.165, 1.54) is 6.07 Å². The van der Waals surface area contributed by atoms with Gasteiger partial charge in [0.15, 0.2) is 0 Å². The molecule has 0 saturated heterocycles. The second kappa shape index (κ2) is 7.55. The topological polar surface area (TPSA) is 20.2 Å². The Morgan fingerprint density at radius 1 is 1.13 bits per heavy atom. The van der Waals surface area contributed by atoms with Gasteiger partial charge >= 0.3 is 0 Å². The number of hydrogen-bond donors (Lipinski definition) is 1. The fraction of sp³-hybridized carbons (Fsp3) is 0.368. The molecule has 0 saturated carbocycles. The van der Waals surface area contributed by atoms with Crippen LogP contribution in [-0.4, -0.2) is 5.11 Å². The highest BCUT2D eigenvalue weighted by molar-refractivity contribution is 6.36. The summed E-state index contributed by atoms with van der Waals surface area (Å²) in [6.45, 7) is 5.79. The standard InChI is InChI=1S/C19H21Cl2FO/c1-4-5-12-8-15(20)14(16(21)9-12)10-13-6-7-17(23)18(11(2)3)19(13)22/h6-9,11,23H,4-5,10H2,1-3H3. The lowest BCUT2D eigenvalue weighted by Crippen LogP contribution is -2.01. The van der Waals surface area contributed by atoms with Crippen molar-refractivity contribution in [2.45, 2.75) is 46.0 Å². The lowest BCUT2D eigenvalue weighted by atomic mass is 9.95. The smallest absolute Gasteiger partial charge is 0.133 e. The number of halogens is 3. The van der Waals surface area contributed by atoms with Gasteiger partial charge in [0.2, 0.25) is 0 Å². The Labute approximate surface area is 147 Å². The highest BCUT2D eigenvalue weighted by Crippen LogP contribution is 2.34. The number of phenols is 1. The van der Waals surface area contributed by atoms with Gasteiger partial charge in [-0.1, -0.05) is 56.5 Å². The molecule has 23 heavy (non-hydrogen) atoms. The maximum atomic E-state index is 14.7. The van der Waals surface area contributed by atoms with Crippen molar-refractivity contribution in [3.05, 3.63) is 62.4 Å². The first-order chi connectivity index (χ1) is 10.8. The van der Waals surface area contributed by atoms with Crippen molar-refractivity contribution in [2.75, 3.05) is 0 Å². The minimum Gasteiger partial charge on any atom is -0.508 e. The Balaban J connectivity index is 2.42. The van der Waals surface area contributed by atoms with Gasteiger partial charge in [0.1, 0.15) is 11.6 Å². The Morgan fingerprint density at radius 3 is 2.26 bits per heavy atom. The molecule has 0 bridgehead atoms. The van der Waals surface area contributed by atoms with E-state index in [1.807, 2.05) is 26.0 Å². The minimum atomic E-state index is -0.384. The van der Waals surface area contributed by atoms with Crippen molar-refractivity contribution < 1.29 is 9.50 Å². The van der Waals surface area contributed by atoms with Crippen LogP contribution in [0.3, 0.4) is 0 Å². The molecule has 2 aromatic carbocycles. The molecule has 0 amide bonds. The number of phenolic OH excluding ortho intramolecular Hbond substituents is 1. The van der Waals surface area contributed by atoms with Crippen LogP contribution < -0.4 is 0 Å². The van der Waals surface area contributed by atoms with E-state index in [4.69, 9.17) is 23.2 Å². The molecule has 0 radical (unpaired) electrons. The lowest BCUT2D eigenvalue weighted by Gasteiger charge is -2.15. The van der Waals surface area contributed by atoms with E-state index < -0.39 is 0 Å². The van der Waals surface area contributed by atoms with Gasteiger partial charge in [-0.2, -0.15) is 0 Å². The zero-order chi connectivity index (χ0) is 17.1. The average Bonchev–Trinajstić information content (AvgIpc) is 2.45. The molecule has 0 aromatic heterocycles. The Kier molecular flexibility index (Phi) is 5.94. The normalized spacial score (nSPS) is 11.3. The summed E-state index contributed by atoms with van der Waals surface area (Å²) in [6.07, 6.45) is 2.22. The minimum absolute atomic E-state index is 0.0169. The molecule has 2 aromatic rings. The van der Waals surface area contributed by atoms with Crippen LogP contribution in [0.4, 0.5) is 4.39 Å². The van der Waals surface area contributed by atoms with Crippen LogP contribution in [-0.2, 0) is 12.8 Å². The summed E-state index contributed by atoms with van der Waals surface area (Å²) in [4.78, 5) is 0. The number of rotatable bonds is 5. The molecule has 0 aliphatic rings. The lowest BCUT2D eigenvalue weighted by molar-refractivity contribution is 0.452. The summed E-state index contributed by atoms with van der Waals surface area (Å²) in [5.74, 6) is -0.505. The first-order valence-corrected chi connectivity index (χ1v) is 8.57. The van der Waals surface area contributed by atoms with E-state index >= 15 is 0 Å². The highest BCUT2D eigenvalue weighted by Gasteiger charge is 2.18. The van der Waals surface area contributed by atoms with Crippen LogP contribution in [0.15, 0.2) is 24.3 Å². The Morgan fingerprint density at radius 2 is 1.74 bits per heavy atom. The zero-order valence-electron chi connectivity index (χ0n) is 13.6. The number of benzene rings is 2. The summed E-state index contributed by atoms with van der Waals surface area (Å²) >= 11 is 12.7. The average molecular weight is 355 g/mol. The molecular formula is C19H21Cl2FO. The highest BCUT2D eigenvalue weighted by atomic mass is 35.5. The van der Waals surface area contributed by atoms with Gasteiger partial charge in [-0.3, -0.25) is 0 Å². The van der Waals surface area contributed by atoms with Gasteiger partial charge in [0.05, 0.1) is 0 Å². The van der Waals surface area contributed by atoms with Crippen molar-refractivity contribution in [1.29, 1.82) is 0 Å². The molecule has 0 spiro atoms. The molecule has 124 valence electrons. The second-order valence-corrected chi connectivity index (χ2v) is 6.91. The Hall–Kier alpha value is -1.25. The van der Waals surface area contributed by atoms with Crippen molar-refractivity contribution >= 4 is 23.2 Å². The molecular weight excluding hydrogens is 334 g/mol. The second-order valence-electron chi connectivity index (χ2n) is 6.09. The van der Waals surface area contributed by atoms with Crippen LogP contribution in [0, 0.1) is 5.82 Å². The molecule has 4 heteroatoms. The molecule has 2 rings (SSSR count). The van der Waals surface area contributed by atoms with E-state index in [0.29, 0.717) is 33.2 Å².